The van der Waals surface area contributed by atoms with Gasteiger partial charge in [-0.25, -0.2) is 14.4 Å². The van der Waals surface area contributed by atoms with Crippen LogP contribution in [0, 0.1) is 5.82 Å². The quantitative estimate of drug-likeness (QED) is 0.905. The van der Waals surface area contributed by atoms with Crippen LogP contribution in [0.1, 0.15) is 31.4 Å². The monoisotopic (exact) mass is 286 g/mol. The number of benzene rings is 1. The number of carbonyl (C=O) groups excluding carboxylic acids is 1. The van der Waals surface area contributed by atoms with Crippen molar-refractivity contribution in [3.8, 4) is 0 Å². The van der Waals surface area contributed by atoms with Crippen molar-refractivity contribution in [2.75, 3.05) is 10.6 Å². The number of nitrogens with one attached hydrogen (secondary N) is 2. The Morgan fingerprint density at radius 2 is 1.86 bits per heavy atom. The van der Waals surface area contributed by atoms with E-state index in [0.717, 1.165) is 12.8 Å². The molecule has 0 spiro atoms. The van der Waals surface area contributed by atoms with Crippen molar-refractivity contribution in [2.24, 2.45) is 0 Å². The molecule has 6 heteroatoms. The van der Waals surface area contributed by atoms with Crippen LogP contribution in [0.3, 0.4) is 0 Å². The number of aromatic nitrogens is 2. The van der Waals surface area contributed by atoms with Crippen molar-refractivity contribution < 1.29 is 9.18 Å². The second-order valence-corrected chi connectivity index (χ2v) is 5.08. The van der Waals surface area contributed by atoms with Crippen molar-refractivity contribution in [3.05, 3.63) is 42.1 Å². The number of hydrogen-bond donors (Lipinski definition) is 2. The summed E-state index contributed by atoms with van der Waals surface area (Å²) in [6.45, 7) is 1.45. The third kappa shape index (κ3) is 3.16. The highest BCUT2D eigenvalue weighted by molar-refractivity contribution is 5.88. The van der Waals surface area contributed by atoms with Gasteiger partial charge in [-0.3, -0.25) is 4.79 Å². The fourth-order valence-corrected chi connectivity index (χ4v) is 2.09. The van der Waals surface area contributed by atoms with E-state index in [1.165, 1.54) is 13.3 Å². The molecule has 1 aliphatic rings. The van der Waals surface area contributed by atoms with Crippen molar-refractivity contribution in [2.45, 2.75) is 25.7 Å². The Kier molecular flexibility index (Phi) is 3.51. The normalized spacial score (nSPS) is 13.8. The number of rotatable bonds is 4. The zero-order valence-electron chi connectivity index (χ0n) is 11.6. The highest BCUT2D eigenvalue weighted by Crippen LogP contribution is 2.41. The smallest absolute Gasteiger partial charge is 0.221 e. The molecule has 1 heterocycles. The largest absolute Gasteiger partial charge is 0.338 e. The van der Waals surface area contributed by atoms with E-state index in [4.69, 9.17) is 0 Å². The van der Waals surface area contributed by atoms with E-state index in [-0.39, 0.29) is 23.5 Å². The molecule has 108 valence electrons. The summed E-state index contributed by atoms with van der Waals surface area (Å²) in [4.78, 5) is 18.9. The molecule has 21 heavy (non-hydrogen) atoms. The number of halogens is 1. The molecule has 1 aliphatic carbocycles. The molecular formula is C15H15FN4O. The van der Waals surface area contributed by atoms with E-state index >= 15 is 0 Å². The zero-order valence-corrected chi connectivity index (χ0v) is 11.6. The average Bonchev–Trinajstić information content (AvgIpc) is 3.27. The molecule has 1 saturated carbocycles. The lowest BCUT2D eigenvalue weighted by Crippen LogP contribution is -2.06. The summed E-state index contributed by atoms with van der Waals surface area (Å²) in [6.07, 6.45) is 3.35. The molecule has 5 nitrogen and oxygen atoms in total. The Morgan fingerprint density at radius 1 is 1.19 bits per heavy atom. The first kappa shape index (κ1) is 13.5. The molecule has 0 atom stereocenters. The molecule has 1 aromatic carbocycles. The van der Waals surface area contributed by atoms with Gasteiger partial charge in [0.2, 0.25) is 5.91 Å². The van der Waals surface area contributed by atoms with Crippen molar-refractivity contribution in [1.82, 2.24) is 9.97 Å². The van der Waals surface area contributed by atoms with Crippen molar-refractivity contribution in [3.63, 3.8) is 0 Å². The summed E-state index contributed by atoms with van der Waals surface area (Å²) in [5.41, 5.74) is 1.88. The molecule has 0 radical (unpaired) electrons. The predicted molar refractivity (Wildman–Crippen MR) is 78.0 cm³/mol. The standard InChI is InChI=1S/C15H15FN4O/c1-9(21)19-11-4-6-12(7-5-11)20-15-13(16)14(10-2-3-10)17-8-18-15/h4-8,10H,2-3H2,1H3,(H,19,21)(H,17,18,20). The van der Waals surface area contributed by atoms with E-state index in [1.807, 2.05) is 0 Å². The van der Waals surface area contributed by atoms with Gasteiger partial charge in [0.05, 0.1) is 5.69 Å². The molecule has 2 aromatic rings. The fraction of sp³-hybridized carbons (Fsp3) is 0.267. The van der Waals surface area contributed by atoms with E-state index in [1.54, 1.807) is 24.3 Å². The molecule has 2 N–H and O–H groups in total. The van der Waals surface area contributed by atoms with Gasteiger partial charge < -0.3 is 10.6 Å². The lowest BCUT2D eigenvalue weighted by Gasteiger charge is -2.09. The lowest BCUT2D eigenvalue weighted by atomic mass is 10.2. The van der Waals surface area contributed by atoms with Crippen LogP contribution in [0.15, 0.2) is 30.6 Å². The first-order valence-corrected chi connectivity index (χ1v) is 6.78. The number of anilines is 3. The van der Waals surface area contributed by atoms with Gasteiger partial charge in [0.25, 0.3) is 0 Å². The maximum Gasteiger partial charge on any atom is 0.221 e. The van der Waals surface area contributed by atoms with E-state index in [2.05, 4.69) is 20.6 Å². The topological polar surface area (TPSA) is 66.9 Å². The highest BCUT2D eigenvalue weighted by atomic mass is 19.1. The summed E-state index contributed by atoms with van der Waals surface area (Å²) < 4.78 is 14.3. The molecule has 3 rings (SSSR count). The van der Waals surface area contributed by atoms with Gasteiger partial charge in [-0.05, 0) is 37.1 Å². The first-order chi connectivity index (χ1) is 10.1. The van der Waals surface area contributed by atoms with Gasteiger partial charge in [-0.15, -0.1) is 0 Å². The molecule has 0 bridgehead atoms. The Bertz CT molecular complexity index is 668. The van der Waals surface area contributed by atoms with E-state index < -0.39 is 0 Å². The minimum Gasteiger partial charge on any atom is -0.338 e. The Labute approximate surface area is 121 Å². The second kappa shape index (κ2) is 5.47. The molecule has 0 unspecified atom stereocenters. The minimum absolute atomic E-state index is 0.133. The maximum atomic E-state index is 14.3. The summed E-state index contributed by atoms with van der Waals surface area (Å²) >= 11 is 0. The van der Waals surface area contributed by atoms with Crippen LogP contribution in [0.25, 0.3) is 0 Å². The molecule has 1 aromatic heterocycles. The van der Waals surface area contributed by atoms with Crippen LogP contribution in [-0.4, -0.2) is 15.9 Å². The fourth-order valence-electron chi connectivity index (χ4n) is 2.09. The van der Waals surface area contributed by atoms with Crippen molar-refractivity contribution in [1.29, 1.82) is 0 Å². The summed E-state index contributed by atoms with van der Waals surface area (Å²) in [5.74, 6) is -0.104. The van der Waals surface area contributed by atoms with Crippen molar-refractivity contribution >= 4 is 23.1 Å². The number of carbonyl (C=O) groups is 1. The SMILES string of the molecule is CC(=O)Nc1ccc(Nc2ncnc(C3CC3)c2F)cc1. The molecular weight excluding hydrogens is 271 g/mol. The number of amides is 1. The van der Waals surface area contributed by atoms with Crippen LogP contribution in [-0.2, 0) is 4.79 Å². The van der Waals surface area contributed by atoms with Crippen LogP contribution in [0.5, 0.6) is 0 Å². The first-order valence-electron chi connectivity index (χ1n) is 6.78. The van der Waals surface area contributed by atoms with Crippen LogP contribution in [0.4, 0.5) is 21.6 Å². The Hall–Kier alpha value is -2.50. The van der Waals surface area contributed by atoms with Crippen LogP contribution < -0.4 is 10.6 Å². The van der Waals surface area contributed by atoms with Gasteiger partial charge in [0, 0.05) is 24.2 Å². The maximum absolute atomic E-state index is 14.3. The molecule has 1 amide bonds. The van der Waals surface area contributed by atoms with E-state index in [0.29, 0.717) is 17.1 Å². The van der Waals surface area contributed by atoms with Gasteiger partial charge in [-0.1, -0.05) is 0 Å². The van der Waals surface area contributed by atoms with Gasteiger partial charge in [0.15, 0.2) is 11.6 Å². The predicted octanol–water partition coefficient (Wildman–Crippen LogP) is 3.20. The third-order valence-electron chi connectivity index (χ3n) is 3.25. The van der Waals surface area contributed by atoms with Crippen LogP contribution in [0.2, 0.25) is 0 Å². The zero-order chi connectivity index (χ0) is 14.8. The molecule has 0 aliphatic heterocycles. The van der Waals surface area contributed by atoms with Crippen LogP contribution >= 0.6 is 0 Å². The second-order valence-electron chi connectivity index (χ2n) is 5.08. The molecule has 0 saturated heterocycles. The number of nitrogens with zero attached hydrogens (tertiary/aromatic N) is 2. The van der Waals surface area contributed by atoms with Gasteiger partial charge >= 0.3 is 0 Å². The summed E-state index contributed by atoms with van der Waals surface area (Å²) in [7, 11) is 0. The summed E-state index contributed by atoms with van der Waals surface area (Å²) in [6, 6.07) is 6.99. The Morgan fingerprint density at radius 3 is 2.48 bits per heavy atom. The average molecular weight is 286 g/mol. The number of hydrogen-bond acceptors (Lipinski definition) is 4. The summed E-state index contributed by atoms with van der Waals surface area (Å²) in [5, 5.41) is 5.61. The highest BCUT2D eigenvalue weighted by Gasteiger charge is 2.29. The van der Waals surface area contributed by atoms with E-state index in [9.17, 15) is 9.18 Å². The Balaban J connectivity index is 1.77. The molecule has 1 fully saturated rings. The third-order valence-corrected chi connectivity index (χ3v) is 3.25. The van der Waals surface area contributed by atoms with Gasteiger partial charge in [0.1, 0.15) is 6.33 Å². The minimum atomic E-state index is -0.383. The van der Waals surface area contributed by atoms with Gasteiger partial charge in [-0.2, -0.15) is 0 Å². The lowest BCUT2D eigenvalue weighted by molar-refractivity contribution is -0.114.